The first-order valence-corrected chi connectivity index (χ1v) is 8.59. The zero-order chi connectivity index (χ0) is 20.1. The maximum absolute atomic E-state index is 13.8. The van der Waals surface area contributed by atoms with Crippen LogP contribution in [0.1, 0.15) is 21.5 Å². The first-order valence-electron chi connectivity index (χ1n) is 8.59. The van der Waals surface area contributed by atoms with Crippen LogP contribution in [0.5, 0.6) is 11.5 Å². The Balaban J connectivity index is 1.79. The van der Waals surface area contributed by atoms with Crippen LogP contribution in [-0.2, 0) is 6.61 Å². The van der Waals surface area contributed by atoms with Crippen LogP contribution in [0.15, 0.2) is 60.7 Å². The molecule has 0 saturated carbocycles. The maximum Gasteiger partial charge on any atom is 0.255 e. The Bertz CT molecular complexity index is 967. The van der Waals surface area contributed by atoms with E-state index >= 15 is 0 Å². The molecule has 4 nitrogen and oxygen atoms in total. The molecule has 3 aromatic rings. The zero-order valence-corrected chi connectivity index (χ0v) is 15.5. The van der Waals surface area contributed by atoms with Crippen LogP contribution in [0.25, 0.3) is 0 Å². The lowest BCUT2D eigenvalue weighted by Gasteiger charge is -2.13. The summed E-state index contributed by atoms with van der Waals surface area (Å²) < 4.78 is 38.6. The third kappa shape index (κ3) is 4.46. The zero-order valence-electron chi connectivity index (χ0n) is 15.5. The number of carbonyl (C=O) groups is 1. The van der Waals surface area contributed by atoms with Crippen LogP contribution in [0.2, 0.25) is 0 Å². The number of nitrogens with one attached hydrogen (secondary N) is 1. The van der Waals surface area contributed by atoms with Crippen LogP contribution >= 0.6 is 0 Å². The van der Waals surface area contributed by atoms with E-state index in [1.54, 1.807) is 12.1 Å². The van der Waals surface area contributed by atoms with E-state index in [-0.39, 0.29) is 12.2 Å². The standard InChI is InChI=1S/C22H19F2NO3/c1-14-6-9-17(10-7-14)28-13-16-12-15(8-11-20(16)27-2)22(26)25-21-18(23)4-3-5-19(21)24/h3-12H,13H2,1-2H3,(H,25,26). The van der Waals surface area contributed by atoms with Gasteiger partial charge in [-0.25, -0.2) is 8.78 Å². The quantitative estimate of drug-likeness (QED) is 0.643. The number of methoxy groups -OCH3 is 1. The lowest BCUT2D eigenvalue weighted by Crippen LogP contribution is -2.15. The molecule has 1 N–H and O–H groups in total. The highest BCUT2D eigenvalue weighted by atomic mass is 19.1. The maximum atomic E-state index is 13.8. The fourth-order valence-corrected chi connectivity index (χ4v) is 2.63. The molecule has 0 aromatic heterocycles. The first kappa shape index (κ1) is 19.4. The van der Waals surface area contributed by atoms with Crippen molar-refractivity contribution in [2.75, 3.05) is 12.4 Å². The summed E-state index contributed by atoms with van der Waals surface area (Å²) in [6.07, 6.45) is 0. The van der Waals surface area contributed by atoms with E-state index in [1.807, 2.05) is 31.2 Å². The first-order chi connectivity index (χ1) is 13.5. The molecule has 0 saturated heterocycles. The Morgan fingerprint density at radius 1 is 1.00 bits per heavy atom. The molecule has 0 heterocycles. The minimum atomic E-state index is -0.843. The van der Waals surface area contributed by atoms with Crippen molar-refractivity contribution in [1.82, 2.24) is 0 Å². The van der Waals surface area contributed by atoms with Crippen molar-refractivity contribution in [3.63, 3.8) is 0 Å². The van der Waals surface area contributed by atoms with Gasteiger partial charge < -0.3 is 14.8 Å². The van der Waals surface area contributed by atoms with Gasteiger partial charge in [0.15, 0.2) is 0 Å². The summed E-state index contributed by atoms with van der Waals surface area (Å²) in [4.78, 5) is 12.5. The Kier molecular flexibility index (Phi) is 5.89. The largest absolute Gasteiger partial charge is 0.496 e. The van der Waals surface area contributed by atoms with E-state index < -0.39 is 23.2 Å². The molecule has 3 rings (SSSR count). The number of rotatable bonds is 6. The summed E-state index contributed by atoms with van der Waals surface area (Å²) in [6.45, 7) is 2.15. The minimum Gasteiger partial charge on any atom is -0.496 e. The van der Waals surface area contributed by atoms with Crippen molar-refractivity contribution in [3.05, 3.63) is 89.0 Å². The second-order valence-corrected chi connectivity index (χ2v) is 6.18. The Hall–Kier alpha value is -3.41. The average Bonchev–Trinajstić information content (AvgIpc) is 2.70. The van der Waals surface area contributed by atoms with Crippen LogP contribution in [0.3, 0.4) is 0 Å². The fourth-order valence-electron chi connectivity index (χ4n) is 2.63. The average molecular weight is 383 g/mol. The lowest BCUT2D eigenvalue weighted by atomic mass is 10.1. The SMILES string of the molecule is COc1ccc(C(=O)Nc2c(F)cccc2F)cc1COc1ccc(C)cc1. The molecular formula is C22H19F2NO3. The summed E-state index contributed by atoms with van der Waals surface area (Å²) in [7, 11) is 1.51. The Morgan fingerprint density at radius 2 is 1.68 bits per heavy atom. The van der Waals surface area contributed by atoms with E-state index in [9.17, 15) is 13.6 Å². The highest BCUT2D eigenvalue weighted by Crippen LogP contribution is 2.24. The molecule has 0 aliphatic rings. The van der Waals surface area contributed by atoms with E-state index in [0.717, 1.165) is 17.7 Å². The van der Waals surface area contributed by atoms with Gasteiger partial charge in [-0.3, -0.25) is 4.79 Å². The molecule has 3 aromatic carbocycles. The van der Waals surface area contributed by atoms with E-state index in [2.05, 4.69) is 5.32 Å². The molecule has 144 valence electrons. The third-order valence-electron chi connectivity index (χ3n) is 4.16. The molecule has 6 heteroatoms. The highest BCUT2D eigenvalue weighted by Gasteiger charge is 2.15. The molecule has 0 aliphatic heterocycles. The molecule has 0 bridgehead atoms. The Labute approximate surface area is 161 Å². The number of benzene rings is 3. The van der Waals surface area contributed by atoms with Crippen LogP contribution < -0.4 is 14.8 Å². The van der Waals surface area contributed by atoms with Gasteiger partial charge in [0.2, 0.25) is 0 Å². The minimum absolute atomic E-state index is 0.168. The van der Waals surface area contributed by atoms with E-state index in [0.29, 0.717) is 17.1 Å². The van der Waals surface area contributed by atoms with Gasteiger partial charge in [0.05, 0.1) is 7.11 Å². The van der Waals surface area contributed by atoms with Crippen molar-refractivity contribution >= 4 is 11.6 Å². The highest BCUT2D eigenvalue weighted by molar-refractivity contribution is 6.04. The van der Waals surface area contributed by atoms with Crippen molar-refractivity contribution < 1.29 is 23.0 Å². The molecule has 0 unspecified atom stereocenters. The molecule has 1 amide bonds. The predicted molar refractivity (Wildman–Crippen MR) is 103 cm³/mol. The van der Waals surface area contributed by atoms with Crippen molar-refractivity contribution in [1.29, 1.82) is 0 Å². The van der Waals surface area contributed by atoms with Crippen molar-refractivity contribution in [3.8, 4) is 11.5 Å². The van der Waals surface area contributed by atoms with Gasteiger partial charge in [0.1, 0.15) is 35.4 Å². The van der Waals surface area contributed by atoms with Gasteiger partial charge >= 0.3 is 0 Å². The number of ether oxygens (including phenoxy) is 2. The monoisotopic (exact) mass is 383 g/mol. The topological polar surface area (TPSA) is 47.6 Å². The van der Waals surface area contributed by atoms with Gasteiger partial charge in [-0.2, -0.15) is 0 Å². The molecular weight excluding hydrogens is 364 g/mol. The van der Waals surface area contributed by atoms with Gasteiger partial charge in [-0.15, -0.1) is 0 Å². The van der Waals surface area contributed by atoms with E-state index in [4.69, 9.17) is 9.47 Å². The number of anilines is 1. The summed E-state index contributed by atoms with van der Waals surface area (Å²) in [5, 5.41) is 2.27. The number of carbonyl (C=O) groups excluding carboxylic acids is 1. The normalized spacial score (nSPS) is 10.4. The molecule has 0 spiro atoms. The van der Waals surface area contributed by atoms with Crippen molar-refractivity contribution in [2.24, 2.45) is 0 Å². The number of amides is 1. The summed E-state index contributed by atoms with van der Waals surface area (Å²) in [5.74, 6) is -1.10. The predicted octanol–water partition coefficient (Wildman–Crippen LogP) is 5.11. The van der Waals surface area contributed by atoms with Gasteiger partial charge in [-0.1, -0.05) is 23.8 Å². The van der Waals surface area contributed by atoms with Crippen LogP contribution in [0, 0.1) is 18.6 Å². The summed E-state index contributed by atoms with van der Waals surface area (Å²) in [5.41, 5.74) is 1.49. The molecule has 0 fully saturated rings. The lowest BCUT2D eigenvalue weighted by molar-refractivity contribution is 0.102. The smallest absolute Gasteiger partial charge is 0.255 e. The Morgan fingerprint density at radius 3 is 2.32 bits per heavy atom. The van der Waals surface area contributed by atoms with E-state index in [1.165, 1.54) is 19.2 Å². The number of aryl methyl sites for hydroxylation is 1. The summed E-state index contributed by atoms with van der Waals surface area (Å²) >= 11 is 0. The van der Waals surface area contributed by atoms with Gasteiger partial charge in [-0.05, 0) is 49.4 Å². The molecule has 0 radical (unpaired) electrons. The second kappa shape index (κ2) is 8.52. The van der Waals surface area contributed by atoms with Crippen LogP contribution in [0.4, 0.5) is 14.5 Å². The van der Waals surface area contributed by atoms with Gasteiger partial charge in [0, 0.05) is 11.1 Å². The number of hydrogen-bond donors (Lipinski definition) is 1. The number of para-hydroxylation sites is 1. The van der Waals surface area contributed by atoms with Crippen LogP contribution in [-0.4, -0.2) is 13.0 Å². The fraction of sp³-hybridized carbons (Fsp3) is 0.136. The molecule has 28 heavy (non-hydrogen) atoms. The number of hydrogen-bond acceptors (Lipinski definition) is 3. The van der Waals surface area contributed by atoms with Gasteiger partial charge in [0.25, 0.3) is 5.91 Å². The molecule has 0 aliphatic carbocycles. The second-order valence-electron chi connectivity index (χ2n) is 6.18. The summed E-state index contributed by atoms with van der Waals surface area (Å²) in [6, 6.07) is 15.6. The van der Waals surface area contributed by atoms with Crippen molar-refractivity contribution in [2.45, 2.75) is 13.5 Å². The third-order valence-corrected chi connectivity index (χ3v) is 4.16. The number of halogens is 2. The molecule has 0 atom stereocenters.